The van der Waals surface area contributed by atoms with Gasteiger partial charge in [0.2, 0.25) is 0 Å². The second-order valence-corrected chi connectivity index (χ2v) is 7.28. The number of hydrogen-bond acceptors (Lipinski definition) is 7. The van der Waals surface area contributed by atoms with E-state index < -0.39 is 5.60 Å². The number of rotatable bonds is 5. The molecule has 126 valence electrons. The van der Waals surface area contributed by atoms with E-state index in [0.29, 0.717) is 18.9 Å². The fourth-order valence-corrected chi connectivity index (χ4v) is 3.95. The highest BCUT2D eigenvalue weighted by Crippen LogP contribution is 2.34. The van der Waals surface area contributed by atoms with Gasteiger partial charge in [0.05, 0.1) is 13.1 Å². The first-order valence-corrected chi connectivity index (χ1v) is 8.96. The van der Waals surface area contributed by atoms with Gasteiger partial charge in [-0.1, -0.05) is 25.1 Å². The van der Waals surface area contributed by atoms with Gasteiger partial charge in [-0.2, -0.15) is 0 Å². The number of unbranched alkanes of at least 4 members (excludes halogenated alkanes) is 1. The van der Waals surface area contributed by atoms with Crippen LogP contribution in [0, 0.1) is 0 Å². The summed E-state index contributed by atoms with van der Waals surface area (Å²) in [7, 11) is 1.77. The number of thioether (sulfide) groups is 1. The lowest BCUT2D eigenvalue weighted by Gasteiger charge is -2.22. The van der Waals surface area contributed by atoms with E-state index >= 15 is 0 Å². The molecule has 0 saturated carbocycles. The first kappa shape index (κ1) is 16.2. The van der Waals surface area contributed by atoms with Crippen LogP contribution >= 0.6 is 11.8 Å². The summed E-state index contributed by atoms with van der Waals surface area (Å²) in [5.74, 6) is 2.29. The summed E-state index contributed by atoms with van der Waals surface area (Å²) < 4.78 is 5.58. The average Bonchev–Trinajstić information content (AvgIpc) is 3.02. The molecule has 0 aromatic carbocycles. The zero-order chi connectivity index (χ0) is 16.4. The van der Waals surface area contributed by atoms with Crippen molar-refractivity contribution < 1.29 is 9.53 Å². The van der Waals surface area contributed by atoms with Crippen molar-refractivity contribution >= 4 is 29.5 Å². The molecule has 1 aromatic rings. The normalized spacial score (nSPS) is 23.8. The molecular weight excluding hydrogens is 314 g/mol. The summed E-state index contributed by atoms with van der Waals surface area (Å²) in [4.78, 5) is 24.4. The number of nitrogens with two attached hydrogens (primary N) is 1. The smallest absolute Gasteiger partial charge is 0.410 e. The molecule has 0 aliphatic carbocycles. The molecule has 0 bridgehead atoms. The minimum Gasteiger partial charge on any atom is -0.439 e. The van der Waals surface area contributed by atoms with Gasteiger partial charge in [-0.15, -0.1) is 0 Å². The van der Waals surface area contributed by atoms with E-state index in [1.807, 2.05) is 0 Å². The Bertz CT molecular complexity index is 599. The van der Waals surface area contributed by atoms with Gasteiger partial charge in [0, 0.05) is 31.8 Å². The number of hydrogen-bond donors (Lipinski definition) is 1. The second-order valence-electron chi connectivity index (χ2n) is 6.21. The first-order valence-electron chi connectivity index (χ1n) is 7.98. The molecule has 7 nitrogen and oxygen atoms in total. The Balaban J connectivity index is 1.71. The Morgan fingerprint density at radius 3 is 2.96 bits per heavy atom. The van der Waals surface area contributed by atoms with Crippen LogP contribution in [-0.2, 0) is 4.74 Å². The Kier molecular flexibility index (Phi) is 4.52. The van der Waals surface area contributed by atoms with Gasteiger partial charge in [-0.05, 0) is 6.42 Å². The van der Waals surface area contributed by atoms with E-state index in [1.165, 1.54) is 0 Å². The maximum Gasteiger partial charge on any atom is 0.410 e. The zero-order valence-corrected chi connectivity index (χ0v) is 14.4. The Hall–Kier alpha value is -1.70. The van der Waals surface area contributed by atoms with Crippen LogP contribution < -0.4 is 10.6 Å². The first-order chi connectivity index (χ1) is 11.0. The Morgan fingerprint density at radius 2 is 2.26 bits per heavy atom. The van der Waals surface area contributed by atoms with Gasteiger partial charge < -0.3 is 20.3 Å². The van der Waals surface area contributed by atoms with Crippen LogP contribution in [0.4, 0.5) is 16.4 Å². The van der Waals surface area contributed by atoms with Crippen molar-refractivity contribution in [3.8, 4) is 0 Å². The van der Waals surface area contributed by atoms with Gasteiger partial charge in [-0.25, -0.2) is 14.8 Å². The molecule has 0 unspecified atom stereocenters. The molecule has 1 atom stereocenters. The van der Waals surface area contributed by atoms with Gasteiger partial charge in [-0.3, -0.25) is 0 Å². The molecular formula is C15H23N5O2S. The fraction of sp³-hybridized carbons (Fsp3) is 0.667. The quantitative estimate of drug-likeness (QED) is 0.499. The third-order valence-electron chi connectivity index (χ3n) is 4.22. The summed E-state index contributed by atoms with van der Waals surface area (Å²) >= 11 is 1.63. The molecule has 2 N–H and O–H groups in total. The minimum atomic E-state index is -0.416. The van der Waals surface area contributed by atoms with E-state index in [2.05, 4.69) is 21.8 Å². The van der Waals surface area contributed by atoms with E-state index in [4.69, 9.17) is 10.5 Å². The fourth-order valence-electron chi connectivity index (χ4n) is 3.01. The highest BCUT2D eigenvalue weighted by Gasteiger charge is 2.48. The van der Waals surface area contributed by atoms with E-state index in [0.717, 1.165) is 42.5 Å². The van der Waals surface area contributed by atoms with E-state index in [1.54, 1.807) is 29.8 Å². The maximum atomic E-state index is 11.7. The van der Waals surface area contributed by atoms with Crippen LogP contribution in [0.3, 0.4) is 0 Å². The molecule has 8 heteroatoms. The summed E-state index contributed by atoms with van der Waals surface area (Å²) in [6, 6.07) is 1.80. The zero-order valence-electron chi connectivity index (χ0n) is 13.6. The SMILES string of the molecule is CCCCSc1nc(N)cc(N2CC[C@]3(CN(C)C(=O)O3)C2)n1. The number of carbonyl (C=O) groups excluding carboxylic acids is 1. The van der Waals surface area contributed by atoms with Crippen LogP contribution in [0.25, 0.3) is 0 Å². The summed E-state index contributed by atoms with van der Waals surface area (Å²) in [5, 5.41) is 0.718. The molecule has 0 radical (unpaired) electrons. The number of nitrogens with zero attached hydrogens (tertiary/aromatic N) is 4. The molecule has 2 aliphatic rings. The molecule has 2 fully saturated rings. The molecule has 3 rings (SSSR count). The standard InChI is InChI=1S/C15H23N5O2S/c1-3-4-7-23-13-17-11(16)8-12(18-13)20-6-5-15(10-20)9-19(2)14(21)22-15/h8H,3-7,9-10H2,1-2H3,(H2,16,17,18)/t15-/m0/s1. The highest BCUT2D eigenvalue weighted by molar-refractivity contribution is 7.99. The number of amides is 1. The summed E-state index contributed by atoms with van der Waals surface area (Å²) in [5.41, 5.74) is 5.52. The van der Waals surface area contributed by atoms with Crippen LogP contribution in [0.15, 0.2) is 11.2 Å². The van der Waals surface area contributed by atoms with Crippen molar-refractivity contribution in [3.63, 3.8) is 0 Å². The molecule has 3 heterocycles. The molecule has 1 aromatic heterocycles. The topological polar surface area (TPSA) is 84.6 Å². The number of likely N-dealkylation sites (N-methyl/N-ethyl adjacent to an activating group) is 1. The van der Waals surface area contributed by atoms with Crippen molar-refractivity contribution in [1.82, 2.24) is 14.9 Å². The second kappa shape index (κ2) is 6.43. The number of aromatic nitrogens is 2. The van der Waals surface area contributed by atoms with Crippen molar-refractivity contribution in [3.05, 3.63) is 6.07 Å². The van der Waals surface area contributed by atoms with Gasteiger partial charge in [0.15, 0.2) is 10.8 Å². The molecule has 2 saturated heterocycles. The van der Waals surface area contributed by atoms with Gasteiger partial charge in [0.25, 0.3) is 0 Å². The molecule has 2 aliphatic heterocycles. The van der Waals surface area contributed by atoms with Crippen LogP contribution in [0.1, 0.15) is 26.2 Å². The predicted octanol–water partition coefficient (Wildman–Crippen LogP) is 1.98. The summed E-state index contributed by atoms with van der Waals surface area (Å²) in [6.07, 6.45) is 2.85. The number of anilines is 2. The van der Waals surface area contributed by atoms with Crippen LogP contribution in [0.5, 0.6) is 0 Å². The minimum absolute atomic E-state index is 0.245. The average molecular weight is 337 g/mol. The van der Waals surface area contributed by atoms with Crippen molar-refractivity contribution in [2.24, 2.45) is 0 Å². The monoisotopic (exact) mass is 337 g/mol. The van der Waals surface area contributed by atoms with E-state index in [9.17, 15) is 4.79 Å². The lowest BCUT2D eigenvalue weighted by molar-refractivity contribution is 0.0741. The number of nitrogen functional groups attached to an aromatic ring is 1. The van der Waals surface area contributed by atoms with Gasteiger partial charge >= 0.3 is 6.09 Å². The molecule has 1 amide bonds. The maximum absolute atomic E-state index is 11.7. The lowest BCUT2D eigenvalue weighted by atomic mass is 10.0. The predicted molar refractivity (Wildman–Crippen MR) is 90.7 cm³/mol. The van der Waals surface area contributed by atoms with E-state index in [-0.39, 0.29) is 6.09 Å². The third-order valence-corrected chi connectivity index (χ3v) is 5.16. The lowest BCUT2D eigenvalue weighted by Crippen LogP contribution is -2.37. The summed E-state index contributed by atoms with van der Waals surface area (Å²) in [6.45, 7) is 4.24. The Morgan fingerprint density at radius 1 is 1.43 bits per heavy atom. The molecule has 23 heavy (non-hydrogen) atoms. The third kappa shape index (κ3) is 3.46. The number of carbonyl (C=O) groups is 1. The number of ether oxygens (including phenoxy) is 1. The van der Waals surface area contributed by atoms with Crippen LogP contribution in [-0.4, -0.2) is 59.0 Å². The van der Waals surface area contributed by atoms with Crippen molar-refractivity contribution in [2.75, 3.05) is 43.1 Å². The van der Waals surface area contributed by atoms with Crippen molar-refractivity contribution in [1.29, 1.82) is 0 Å². The molecule has 1 spiro atoms. The van der Waals surface area contributed by atoms with Crippen molar-refractivity contribution in [2.45, 2.75) is 36.9 Å². The van der Waals surface area contributed by atoms with Crippen LogP contribution in [0.2, 0.25) is 0 Å². The highest BCUT2D eigenvalue weighted by atomic mass is 32.2. The van der Waals surface area contributed by atoms with Gasteiger partial charge in [0.1, 0.15) is 11.6 Å². The Labute approximate surface area is 140 Å². The largest absolute Gasteiger partial charge is 0.439 e.